The molecule has 0 saturated carbocycles. The molecule has 8 nitrogen and oxygen atoms in total. The van der Waals surface area contributed by atoms with E-state index in [2.05, 4.69) is 9.71 Å². The number of aliphatic hydroxyl groups is 1. The van der Waals surface area contributed by atoms with Crippen LogP contribution in [0.5, 0.6) is 11.5 Å². The summed E-state index contributed by atoms with van der Waals surface area (Å²) in [6, 6.07) is 24.2. The first kappa shape index (κ1) is 28.8. The van der Waals surface area contributed by atoms with Gasteiger partial charge in [-0.1, -0.05) is 30.3 Å². The number of ether oxygens (including phenoxy) is 2. The molecule has 0 saturated heterocycles. The van der Waals surface area contributed by atoms with Crippen molar-refractivity contribution in [3.05, 3.63) is 119 Å². The Hall–Kier alpha value is -4.32. The molecule has 2 N–H and O–H groups in total. The number of nitrogens with one attached hydrogen (secondary N) is 1. The van der Waals surface area contributed by atoms with Crippen molar-refractivity contribution in [1.29, 1.82) is 0 Å². The monoisotopic (exact) mass is 618 g/mol. The summed E-state index contributed by atoms with van der Waals surface area (Å²) in [4.78, 5) is 17.3. The summed E-state index contributed by atoms with van der Waals surface area (Å²) in [5.41, 5.74) is 2.15. The molecule has 0 spiro atoms. The first-order valence-electron chi connectivity index (χ1n) is 13.6. The number of hydrogen-bond donors (Lipinski definition) is 2. The van der Waals surface area contributed by atoms with E-state index in [1.807, 2.05) is 6.07 Å². The molecule has 4 aromatic carbocycles. The van der Waals surface area contributed by atoms with E-state index >= 15 is 0 Å². The maximum absolute atomic E-state index is 13.5. The fourth-order valence-corrected chi connectivity index (χ4v) is 6.92. The van der Waals surface area contributed by atoms with Gasteiger partial charge in [-0.3, -0.25) is 4.79 Å². The number of sulfonamides is 1. The van der Waals surface area contributed by atoms with Crippen molar-refractivity contribution < 1.29 is 32.2 Å². The van der Waals surface area contributed by atoms with Crippen molar-refractivity contribution in [3.8, 4) is 11.5 Å². The smallest absolute Gasteiger partial charge is 0.265 e. The van der Waals surface area contributed by atoms with E-state index in [0.29, 0.717) is 47.0 Å². The second-order valence-corrected chi connectivity index (χ2v) is 13.0. The molecule has 2 atom stereocenters. The van der Waals surface area contributed by atoms with Gasteiger partial charge in [0.05, 0.1) is 27.8 Å². The third-order valence-electron chi connectivity index (χ3n) is 7.22. The molecule has 5 aromatic rings. The molecular weight excluding hydrogens is 591 g/mol. The Kier molecular flexibility index (Phi) is 8.11. The van der Waals surface area contributed by atoms with Gasteiger partial charge >= 0.3 is 0 Å². The lowest BCUT2D eigenvalue weighted by atomic mass is 9.87. The summed E-state index contributed by atoms with van der Waals surface area (Å²) in [6.07, 6.45) is 0.124. The number of carbonyl (C=O) groups is 1. The molecule has 0 radical (unpaired) electrons. The molecule has 1 aliphatic rings. The molecule has 0 bridgehead atoms. The van der Waals surface area contributed by atoms with Gasteiger partial charge in [0.25, 0.3) is 15.9 Å². The van der Waals surface area contributed by atoms with Crippen LogP contribution >= 0.6 is 11.3 Å². The molecule has 43 heavy (non-hydrogen) atoms. The van der Waals surface area contributed by atoms with Crippen LogP contribution < -0.4 is 14.2 Å². The van der Waals surface area contributed by atoms with Crippen molar-refractivity contribution in [2.24, 2.45) is 5.92 Å². The lowest BCUT2D eigenvalue weighted by molar-refractivity contribution is 0.0981. The number of amides is 1. The van der Waals surface area contributed by atoms with Crippen molar-refractivity contribution in [1.82, 2.24) is 9.71 Å². The Balaban J connectivity index is 1.14. The summed E-state index contributed by atoms with van der Waals surface area (Å²) >= 11 is 1.43. The van der Waals surface area contributed by atoms with E-state index in [9.17, 15) is 22.7 Å². The zero-order valence-electron chi connectivity index (χ0n) is 22.8. The summed E-state index contributed by atoms with van der Waals surface area (Å²) in [5.74, 6) is -0.212. The minimum atomic E-state index is -4.02. The molecular formula is C32H27FN2O6S2. The van der Waals surface area contributed by atoms with Gasteiger partial charge in [-0.15, -0.1) is 11.3 Å². The molecule has 220 valence electrons. The Morgan fingerprint density at radius 3 is 2.72 bits per heavy atom. The third kappa shape index (κ3) is 6.53. The molecule has 11 heteroatoms. The van der Waals surface area contributed by atoms with E-state index in [4.69, 9.17) is 9.47 Å². The standard InChI is InChI=1S/C32H27FN2O6S2/c33-23-9-12-29-27(17-23)34-30(42-29)19-41-24-10-11-28-26(18-24)31(36)21(13-14-40-28)15-20-5-4-6-22(16-20)32(37)35-43(38,39)25-7-2-1-3-8-25/h1-12,16-18,21,31,36H,13-15,19H2,(H,35,37)/t21-,31+/m0/s1. The van der Waals surface area contributed by atoms with Crippen LogP contribution in [0, 0.1) is 11.7 Å². The lowest BCUT2D eigenvalue weighted by Crippen LogP contribution is -2.30. The van der Waals surface area contributed by atoms with E-state index in [0.717, 1.165) is 10.3 Å². The molecule has 6 rings (SSSR count). The average Bonchev–Trinajstić information content (AvgIpc) is 3.35. The first-order valence-corrected chi connectivity index (χ1v) is 15.9. The van der Waals surface area contributed by atoms with Crippen LogP contribution in [0.2, 0.25) is 0 Å². The fourth-order valence-electron chi connectivity index (χ4n) is 5.06. The number of aromatic nitrogens is 1. The SMILES string of the molecule is O=C(NS(=O)(=O)c1ccccc1)c1cccc(C[C@@H]2CCOc3ccc(OCc4nc5cc(F)ccc5s4)cc3[C@@H]2O)c1. The van der Waals surface area contributed by atoms with Crippen molar-refractivity contribution in [2.45, 2.75) is 30.4 Å². The predicted molar refractivity (Wildman–Crippen MR) is 160 cm³/mol. The number of nitrogens with zero attached hydrogens (tertiary/aromatic N) is 1. The number of benzene rings is 4. The molecule has 1 amide bonds. The minimum absolute atomic E-state index is 0.00133. The van der Waals surface area contributed by atoms with E-state index in [1.165, 1.54) is 35.6 Å². The predicted octanol–water partition coefficient (Wildman–Crippen LogP) is 5.81. The number of aliphatic hydroxyl groups excluding tert-OH is 1. The topological polar surface area (TPSA) is 115 Å². The highest BCUT2D eigenvalue weighted by Gasteiger charge is 2.28. The van der Waals surface area contributed by atoms with Crippen LogP contribution in [0.4, 0.5) is 4.39 Å². The summed E-state index contributed by atoms with van der Waals surface area (Å²) in [5, 5.41) is 12.1. The molecule has 1 aliphatic heterocycles. The highest BCUT2D eigenvalue weighted by molar-refractivity contribution is 7.90. The number of carbonyl (C=O) groups excluding carboxylic acids is 1. The minimum Gasteiger partial charge on any atom is -0.493 e. The fraction of sp³-hybridized carbons (Fsp3) is 0.188. The Labute approximate surface area is 251 Å². The van der Waals surface area contributed by atoms with Crippen molar-refractivity contribution >= 4 is 37.5 Å². The zero-order chi connectivity index (χ0) is 30.0. The third-order valence-corrected chi connectivity index (χ3v) is 9.57. The zero-order valence-corrected chi connectivity index (χ0v) is 24.4. The van der Waals surface area contributed by atoms with Crippen molar-refractivity contribution in [2.75, 3.05) is 6.61 Å². The Morgan fingerprint density at radius 1 is 1.05 bits per heavy atom. The Morgan fingerprint density at radius 2 is 1.88 bits per heavy atom. The maximum Gasteiger partial charge on any atom is 0.265 e. The first-order chi connectivity index (χ1) is 20.7. The van der Waals surface area contributed by atoms with Crippen LogP contribution in [0.25, 0.3) is 10.2 Å². The number of halogens is 1. The summed E-state index contributed by atoms with van der Waals surface area (Å²) in [6.45, 7) is 0.585. The van der Waals surface area contributed by atoms with Gasteiger partial charge in [-0.05, 0) is 78.9 Å². The second kappa shape index (κ2) is 12.1. The molecule has 0 unspecified atom stereocenters. The summed E-state index contributed by atoms with van der Waals surface area (Å²) in [7, 11) is -4.02. The van der Waals surface area contributed by atoms with E-state index < -0.39 is 22.0 Å². The van der Waals surface area contributed by atoms with Gasteiger partial charge in [0.15, 0.2) is 0 Å². The van der Waals surface area contributed by atoms with Crippen molar-refractivity contribution in [3.63, 3.8) is 0 Å². The number of thiazole rings is 1. The molecule has 2 heterocycles. The number of rotatable bonds is 8. The average molecular weight is 619 g/mol. The van der Waals surface area contributed by atoms with Gasteiger partial charge in [0.1, 0.15) is 28.9 Å². The second-order valence-electron chi connectivity index (χ2n) is 10.2. The molecule has 1 aromatic heterocycles. The van der Waals surface area contributed by atoms with Crippen LogP contribution in [0.15, 0.2) is 95.9 Å². The van der Waals surface area contributed by atoms with Crippen LogP contribution in [-0.4, -0.2) is 31.0 Å². The van der Waals surface area contributed by atoms with Gasteiger partial charge in [0, 0.05) is 17.2 Å². The van der Waals surface area contributed by atoms with Gasteiger partial charge in [-0.2, -0.15) is 0 Å². The number of hydrogen-bond acceptors (Lipinski definition) is 8. The van der Waals surface area contributed by atoms with Gasteiger partial charge in [-0.25, -0.2) is 22.5 Å². The normalized spacial score (nSPS) is 16.6. The van der Waals surface area contributed by atoms with E-state index in [-0.39, 0.29) is 28.8 Å². The van der Waals surface area contributed by atoms with E-state index in [1.54, 1.807) is 60.7 Å². The van der Waals surface area contributed by atoms with Crippen LogP contribution in [0.1, 0.15) is 39.0 Å². The summed E-state index contributed by atoms with van der Waals surface area (Å²) < 4.78 is 53.6. The highest BCUT2D eigenvalue weighted by atomic mass is 32.2. The van der Waals surface area contributed by atoms with Gasteiger partial charge in [0.2, 0.25) is 0 Å². The van der Waals surface area contributed by atoms with Crippen LogP contribution in [0.3, 0.4) is 0 Å². The Bertz CT molecular complexity index is 1900. The maximum atomic E-state index is 13.5. The number of fused-ring (bicyclic) bond motifs is 2. The largest absolute Gasteiger partial charge is 0.493 e. The van der Waals surface area contributed by atoms with Crippen LogP contribution in [-0.2, 0) is 23.1 Å². The lowest BCUT2D eigenvalue weighted by Gasteiger charge is -2.21. The van der Waals surface area contributed by atoms with Gasteiger partial charge < -0.3 is 14.6 Å². The molecule has 0 fully saturated rings. The molecule has 0 aliphatic carbocycles. The quantitative estimate of drug-likeness (QED) is 0.226. The highest BCUT2D eigenvalue weighted by Crippen LogP contribution is 2.39.